The van der Waals surface area contributed by atoms with Gasteiger partial charge in [0.05, 0.1) is 30.2 Å². The Morgan fingerprint density at radius 1 is 1.39 bits per heavy atom. The van der Waals surface area contributed by atoms with Gasteiger partial charge in [-0.05, 0) is 49.7 Å². The van der Waals surface area contributed by atoms with Crippen molar-refractivity contribution in [2.24, 2.45) is 15.9 Å². The number of thioether (sulfide) groups is 1. The van der Waals surface area contributed by atoms with E-state index in [4.69, 9.17) is 4.98 Å². The normalized spacial score (nSPS) is 14.2. The summed E-state index contributed by atoms with van der Waals surface area (Å²) in [5, 5.41) is 13.0. The second kappa shape index (κ2) is 10.9. The largest absolute Gasteiger partial charge is 0.433 e. The number of aromatic nitrogens is 2. The molecule has 0 bridgehead atoms. The Balaban J connectivity index is 2.42. The van der Waals surface area contributed by atoms with Crippen molar-refractivity contribution in [3.8, 4) is 0 Å². The van der Waals surface area contributed by atoms with E-state index in [-0.39, 0.29) is 25.1 Å². The summed E-state index contributed by atoms with van der Waals surface area (Å²) in [6.07, 6.45) is -0.707. The minimum atomic E-state index is -4.56. The number of imidazole rings is 1. The first-order valence-corrected chi connectivity index (χ1v) is 11.0. The van der Waals surface area contributed by atoms with Gasteiger partial charge in [0.2, 0.25) is 0 Å². The van der Waals surface area contributed by atoms with Gasteiger partial charge < -0.3 is 15.0 Å². The van der Waals surface area contributed by atoms with Crippen LogP contribution in [0.4, 0.5) is 13.2 Å². The predicted molar refractivity (Wildman–Crippen MR) is 121 cm³/mol. The number of fused-ring (bicyclic) bond motifs is 1. The number of aliphatic hydroxyl groups excluding tert-OH is 1. The lowest BCUT2D eigenvalue weighted by atomic mass is 10.0. The maximum absolute atomic E-state index is 12.7. The van der Waals surface area contributed by atoms with E-state index in [9.17, 15) is 18.3 Å². The first-order chi connectivity index (χ1) is 14.7. The van der Waals surface area contributed by atoms with Gasteiger partial charge in [-0.15, -0.1) is 11.8 Å². The highest BCUT2D eigenvalue weighted by atomic mass is 32.2. The second-order valence-electron chi connectivity index (χ2n) is 7.21. The van der Waals surface area contributed by atoms with Gasteiger partial charge in [-0.3, -0.25) is 9.98 Å². The molecule has 1 heterocycles. The molecule has 1 atom stereocenters. The van der Waals surface area contributed by atoms with E-state index in [1.807, 2.05) is 30.0 Å². The molecule has 0 fully saturated rings. The zero-order chi connectivity index (χ0) is 23.2. The van der Waals surface area contributed by atoms with Crippen molar-refractivity contribution in [2.45, 2.75) is 44.1 Å². The number of benzene rings is 1. The molecule has 1 aromatic carbocycles. The lowest BCUT2D eigenvalue weighted by molar-refractivity contribution is -0.0920. The summed E-state index contributed by atoms with van der Waals surface area (Å²) in [5.74, 6) is 1.08. The molecule has 0 spiro atoms. The topological polar surface area (TPSA) is 74.8 Å². The van der Waals surface area contributed by atoms with Crippen LogP contribution in [-0.2, 0) is 13.2 Å². The molecule has 2 aromatic rings. The molecular weight excluding hydrogens is 427 g/mol. The summed E-state index contributed by atoms with van der Waals surface area (Å²) in [4.78, 5) is 12.9. The SMILES string of the molecule is C=N/C(=C\C=NCCn1c(C(NC)C(C)C)nc2cc(CO)c(SC)cc21)C(F)(F)F. The molecular formula is C21H28F3N5OS. The van der Waals surface area contributed by atoms with Gasteiger partial charge >= 0.3 is 6.18 Å². The molecule has 0 radical (unpaired) electrons. The van der Waals surface area contributed by atoms with E-state index >= 15 is 0 Å². The molecule has 1 aromatic heterocycles. The molecule has 0 aliphatic carbocycles. The fourth-order valence-corrected chi connectivity index (χ4v) is 3.97. The zero-order valence-electron chi connectivity index (χ0n) is 18.1. The third kappa shape index (κ3) is 5.96. The van der Waals surface area contributed by atoms with Crippen LogP contribution in [0.5, 0.6) is 0 Å². The minimum Gasteiger partial charge on any atom is -0.392 e. The maximum Gasteiger partial charge on any atom is 0.433 e. The number of nitrogens with zero attached hydrogens (tertiary/aromatic N) is 4. The van der Waals surface area contributed by atoms with Crippen LogP contribution in [0.25, 0.3) is 11.0 Å². The number of allylic oxidation sites excluding steroid dienone is 2. The average Bonchev–Trinajstić information content (AvgIpc) is 3.05. The standard InChI is InChI=1S/C21H28F3N5OS/c1-13(2)19(26-4)20-28-15-10-14(12-30)17(31-5)11-16(15)29(20)9-8-27-7-6-18(25-3)21(22,23)24/h6-7,10-11,13,19,26,30H,3,8-9,12H2,1-2,4-5H3/b18-6-,27-7?. The number of alkyl halides is 3. The van der Waals surface area contributed by atoms with Crippen LogP contribution in [0.2, 0.25) is 0 Å². The molecule has 170 valence electrons. The van der Waals surface area contributed by atoms with Crippen LogP contribution < -0.4 is 5.32 Å². The van der Waals surface area contributed by atoms with Gasteiger partial charge in [0.25, 0.3) is 0 Å². The Morgan fingerprint density at radius 3 is 2.61 bits per heavy atom. The van der Waals surface area contributed by atoms with Crippen molar-refractivity contribution in [2.75, 3.05) is 19.8 Å². The van der Waals surface area contributed by atoms with Crippen molar-refractivity contribution in [3.05, 3.63) is 35.3 Å². The van der Waals surface area contributed by atoms with Crippen molar-refractivity contribution >= 4 is 35.7 Å². The number of rotatable bonds is 10. The Kier molecular flexibility index (Phi) is 8.84. The number of halogens is 3. The van der Waals surface area contributed by atoms with Crippen LogP contribution in [0.1, 0.15) is 31.3 Å². The molecule has 0 saturated heterocycles. The molecule has 0 saturated carbocycles. The van der Waals surface area contributed by atoms with Crippen LogP contribution in [0.15, 0.2) is 38.8 Å². The zero-order valence-corrected chi connectivity index (χ0v) is 18.9. The first-order valence-electron chi connectivity index (χ1n) is 9.77. The second-order valence-corrected chi connectivity index (χ2v) is 8.05. The fraction of sp³-hybridized carbons (Fsp3) is 0.476. The number of aliphatic imine (C=N–C) groups is 2. The van der Waals surface area contributed by atoms with Gasteiger partial charge in [0, 0.05) is 17.7 Å². The quantitative estimate of drug-likeness (QED) is 0.412. The Morgan fingerprint density at radius 2 is 2.10 bits per heavy atom. The Hall–Kier alpha value is -2.17. The minimum absolute atomic E-state index is 0.0200. The van der Waals surface area contributed by atoms with Gasteiger partial charge in [-0.2, -0.15) is 13.2 Å². The predicted octanol–water partition coefficient (Wildman–Crippen LogP) is 4.38. The number of hydrogen-bond acceptors (Lipinski definition) is 6. The van der Waals surface area contributed by atoms with Crippen molar-refractivity contribution in [1.82, 2.24) is 14.9 Å². The molecule has 1 unspecified atom stereocenters. The van der Waals surface area contributed by atoms with Crippen LogP contribution in [-0.4, -0.2) is 53.6 Å². The number of aliphatic hydroxyl groups is 1. The highest BCUT2D eigenvalue weighted by Gasteiger charge is 2.32. The summed E-state index contributed by atoms with van der Waals surface area (Å²) in [6.45, 7) is 7.75. The smallest absolute Gasteiger partial charge is 0.392 e. The Labute approximate surface area is 184 Å². The van der Waals surface area contributed by atoms with E-state index in [2.05, 4.69) is 35.9 Å². The summed E-state index contributed by atoms with van der Waals surface area (Å²) in [7, 11) is 1.87. The van der Waals surface area contributed by atoms with Crippen molar-refractivity contribution < 1.29 is 18.3 Å². The van der Waals surface area contributed by atoms with E-state index in [0.717, 1.165) is 39.6 Å². The number of nitrogens with one attached hydrogen (secondary N) is 1. The molecule has 0 amide bonds. The molecule has 0 aliphatic rings. The van der Waals surface area contributed by atoms with E-state index < -0.39 is 11.9 Å². The van der Waals surface area contributed by atoms with Gasteiger partial charge in [-0.1, -0.05) is 13.8 Å². The summed E-state index contributed by atoms with van der Waals surface area (Å²) in [6, 6.07) is 3.85. The average molecular weight is 456 g/mol. The van der Waals surface area contributed by atoms with E-state index in [1.165, 1.54) is 11.8 Å². The molecule has 0 aliphatic heterocycles. The van der Waals surface area contributed by atoms with E-state index in [1.54, 1.807) is 0 Å². The first kappa shape index (κ1) is 25.1. The molecule has 31 heavy (non-hydrogen) atoms. The monoisotopic (exact) mass is 455 g/mol. The maximum atomic E-state index is 12.7. The summed E-state index contributed by atoms with van der Waals surface area (Å²) >= 11 is 1.54. The molecule has 6 nitrogen and oxygen atoms in total. The summed E-state index contributed by atoms with van der Waals surface area (Å²) < 4.78 is 40.2. The third-order valence-corrected chi connectivity index (χ3v) is 5.68. The Bertz CT molecular complexity index is 966. The fourth-order valence-electron chi connectivity index (χ4n) is 3.35. The van der Waals surface area contributed by atoms with E-state index in [0.29, 0.717) is 6.54 Å². The molecule has 2 rings (SSSR count). The van der Waals surface area contributed by atoms with Gasteiger partial charge in [0.1, 0.15) is 11.5 Å². The van der Waals surface area contributed by atoms with Gasteiger partial charge in [0.15, 0.2) is 0 Å². The highest BCUT2D eigenvalue weighted by molar-refractivity contribution is 7.98. The third-order valence-electron chi connectivity index (χ3n) is 4.86. The van der Waals surface area contributed by atoms with Gasteiger partial charge in [-0.25, -0.2) is 4.98 Å². The molecule has 2 N–H and O–H groups in total. The van der Waals surface area contributed by atoms with Crippen LogP contribution in [0, 0.1) is 5.92 Å². The van der Waals surface area contributed by atoms with Crippen molar-refractivity contribution in [1.29, 1.82) is 0 Å². The van der Waals surface area contributed by atoms with Crippen LogP contribution in [0.3, 0.4) is 0 Å². The molecule has 10 heteroatoms. The highest BCUT2D eigenvalue weighted by Crippen LogP contribution is 2.31. The number of hydrogen-bond donors (Lipinski definition) is 2. The van der Waals surface area contributed by atoms with Crippen LogP contribution >= 0.6 is 11.8 Å². The lowest BCUT2D eigenvalue weighted by Gasteiger charge is -2.21. The van der Waals surface area contributed by atoms with Crippen molar-refractivity contribution in [3.63, 3.8) is 0 Å². The lowest BCUT2D eigenvalue weighted by Crippen LogP contribution is -2.26. The summed E-state index contributed by atoms with van der Waals surface area (Å²) in [5.41, 5.74) is 1.38.